The van der Waals surface area contributed by atoms with Crippen molar-refractivity contribution in [3.05, 3.63) is 81.5 Å². The average Bonchev–Trinajstić information content (AvgIpc) is 3.23. The van der Waals surface area contributed by atoms with Gasteiger partial charge < -0.3 is 10.3 Å². The molecule has 1 aliphatic heterocycles. The number of carbonyl (C=O) groups excluding carboxylic acids is 1. The third kappa shape index (κ3) is 3.76. The van der Waals surface area contributed by atoms with E-state index in [-0.39, 0.29) is 17.5 Å². The van der Waals surface area contributed by atoms with Gasteiger partial charge in [0.25, 0.3) is 11.5 Å². The molecule has 0 saturated carbocycles. The molecule has 3 heterocycles. The molecule has 2 aromatic carbocycles. The van der Waals surface area contributed by atoms with E-state index in [4.69, 9.17) is 0 Å². The first kappa shape index (κ1) is 19.0. The topological polar surface area (TPSA) is 65.2 Å². The van der Waals surface area contributed by atoms with E-state index in [0.29, 0.717) is 10.3 Å². The number of thiophene rings is 1. The molecule has 5 rings (SSSR count). The molecule has 2 aromatic heterocycles. The Balaban J connectivity index is 1.27. The van der Waals surface area contributed by atoms with Gasteiger partial charge in [-0.1, -0.05) is 48.5 Å². The smallest absolute Gasteiger partial charge is 0.261 e. The molecule has 152 valence electrons. The van der Waals surface area contributed by atoms with Gasteiger partial charge in [0.05, 0.1) is 10.3 Å². The van der Waals surface area contributed by atoms with Crippen molar-refractivity contribution < 1.29 is 4.79 Å². The number of aromatic nitrogens is 1. The number of aromatic amines is 1. The van der Waals surface area contributed by atoms with Gasteiger partial charge in [-0.2, -0.15) is 0 Å². The van der Waals surface area contributed by atoms with Crippen molar-refractivity contribution in [2.45, 2.75) is 25.4 Å². The van der Waals surface area contributed by atoms with Gasteiger partial charge in [-0.3, -0.25) is 14.5 Å². The molecular formula is C24H23N3O2S. The molecule has 5 nitrogen and oxygen atoms in total. The van der Waals surface area contributed by atoms with Gasteiger partial charge in [0, 0.05) is 41.3 Å². The number of likely N-dealkylation sites (tertiary alicyclic amines) is 1. The zero-order chi connectivity index (χ0) is 20.5. The summed E-state index contributed by atoms with van der Waals surface area (Å²) in [5, 5.41) is 4.74. The molecule has 1 fully saturated rings. The molecule has 0 aliphatic carbocycles. The summed E-state index contributed by atoms with van der Waals surface area (Å²) in [6.07, 6.45) is 1.87. The number of carbonyl (C=O) groups is 1. The minimum Gasteiger partial charge on any atom is -0.349 e. The van der Waals surface area contributed by atoms with Crippen LogP contribution in [0.3, 0.4) is 0 Å². The Labute approximate surface area is 178 Å². The number of para-hydroxylation sites is 1. The Morgan fingerprint density at radius 2 is 1.77 bits per heavy atom. The number of amides is 1. The van der Waals surface area contributed by atoms with Crippen LogP contribution in [-0.4, -0.2) is 34.9 Å². The number of nitrogens with zero attached hydrogens (tertiary/aromatic N) is 1. The van der Waals surface area contributed by atoms with Crippen molar-refractivity contribution in [2.75, 3.05) is 13.1 Å². The molecule has 30 heavy (non-hydrogen) atoms. The quantitative estimate of drug-likeness (QED) is 0.525. The number of pyridine rings is 1. The SMILES string of the molecule is O=C(NC1CCN(Cc2ccccc2)CC1)c1cc2c(=O)[nH]c3ccccc3c2s1. The normalized spacial score (nSPS) is 15.6. The third-order valence-corrected chi connectivity index (χ3v) is 6.96. The van der Waals surface area contributed by atoms with Gasteiger partial charge in [-0.25, -0.2) is 0 Å². The second-order valence-corrected chi connectivity index (χ2v) is 8.91. The van der Waals surface area contributed by atoms with Crippen molar-refractivity contribution in [2.24, 2.45) is 0 Å². The summed E-state index contributed by atoms with van der Waals surface area (Å²) in [6.45, 7) is 2.89. The number of H-pyrrole nitrogens is 1. The van der Waals surface area contributed by atoms with Crippen LogP contribution in [0.1, 0.15) is 28.1 Å². The van der Waals surface area contributed by atoms with Gasteiger partial charge in [0.1, 0.15) is 0 Å². The Kier molecular flexibility index (Phi) is 5.11. The lowest BCUT2D eigenvalue weighted by Gasteiger charge is -2.32. The van der Waals surface area contributed by atoms with Gasteiger partial charge in [0.2, 0.25) is 0 Å². The fourth-order valence-electron chi connectivity index (χ4n) is 4.18. The van der Waals surface area contributed by atoms with Crippen molar-refractivity contribution in [1.29, 1.82) is 0 Å². The van der Waals surface area contributed by atoms with Gasteiger partial charge in [0.15, 0.2) is 0 Å². The first-order chi connectivity index (χ1) is 14.7. The van der Waals surface area contributed by atoms with E-state index < -0.39 is 0 Å². The molecule has 1 saturated heterocycles. The van der Waals surface area contributed by atoms with E-state index in [1.165, 1.54) is 16.9 Å². The molecule has 0 spiro atoms. The van der Waals surface area contributed by atoms with Gasteiger partial charge in [-0.15, -0.1) is 11.3 Å². The largest absolute Gasteiger partial charge is 0.349 e. The zero-order valence-electron chi connectivity index (χ0n) is 16.6. The number of benzene rings is 2. The highest BCUT2D eigenvalue weighted by molar-refractivity contribution is 7.21. The predicted octanol–water partition coefficient (Wildman–Crippen LogP) is 4.14. The number of hydrogen-bond acceptors (Lipinski definition) is 4. The fraction of sp³-hybridized carbons (Fsp3) is 0.250. The summed E-state index contributed by atoms with van der Waals surface area (Å²) in [5.41, 5.74) is 1.98. The van der Waals surface area contributed by atoms with Crippen LogP contribution in [0.25, 0.3) is 21.0 Å². The summed E-state index contributed by atoms with van der Waals surface area (Å²) in [5.74, 6) is -0.0822. The van der Waals surface area contributed by atoms with Crippen molar-refractivity contribution in [3.63, 3.8) is 0 Å². The molecule has 0 bridgehead atoms. The van der Waals surface area contributed by atoms with Crippen LogP contribution in [0.15, 0.2) is 65.5 Å². The van der Waals surface area contributed by atoms with Crippen molar-refractivity contribution in [1.82, 2.24) is 15.2 Å². The van der Waals surface area contributed by atoms with Gasteiger partial charge in [-0.05, 0) is 30.5 Å². The van der Waals surface area contributed by atoms with E-state index >= 15 is 0 Å². The van der Waals surface area contributed by atoms with Crippen LogP contribution < -0.4 is 10.9 Å². The van der Waals surface area contributed by atoms with Crippen LogP contribution in [0, 0.1) is 0 Å². The van der Waals surface area contributed by atoms with E-state index in [2.05, 4.69) is 39.5 Å². The van der Waals surface area contributed by atoms with E-state index in [9.17, 15) is 9.59 Å². The summed E-state index contributed by atoms with van der Waals surface area (Å²) in [4.78, 5) is 31.2. The first-order valence-corrected chi connectivity index (χ1v) is 11.1. The number of nitrogens with one attached hydrogen (secondary N) is 2. The number of rotatable bonds is 4. The summed E-state index contributed by atoms with van der Waals surface area (Å²) >= 11 is 1.40. The molecule has 6 heteroatoms. The average molecular weight is 418 g/mol. The minimum atomic E-state index is -0.145. The standard InChI is InChI=1S/C24H23N3O2S/c28-23-19-14-21(30-22(19)18-8-4-5-9-20(18)26-23)24(29)25-17-10-12-27(13-11-17)15-16-6-2-1-3-7-16/h1-9,14,17H,10-13,15H2,(H,25,29)(H,26,28). The highest BCUT2D eigenvalue weighted by Crippen LogP contribution is 2.29. The van der Waals surface area contributed by atoms with Crippen LogP contribution >= 0.6 is 11.3 Å². The number of hydrogen-bond donors (Lipinski definition) is 2. The van der Waals surface area contributed by atoms with Crippen LogP contribution in [0.5, 0.6) is 0 Å². The summed E-state index contributed by atoms with van der Waals surface area (Å²) in [7, 11) is 0. The molecule has 2 N–H and O–H groups in total. The van der Waals surface area contributed by atoms with Crippen LogP contribution in [0.4, 0.5) is 0 Å². The van der Waals surface area contributed by atoms with E-state index in [1.54, 1.807) is 6.07 Å². The molecule has 0 radical (unpaired) electrons. The summed E-state index contributed by atoms with van der Waals surface area (Å²) < 4.78 is 0.872. The Morgan fingerprint density at radius 3 is 2.57 bits per heavy atom. The monoisotopic (exact) mass is 417 g/mol. The maximum atomic E-state index is 12.9. The number of piperidine rings is 1. The summed E-state index contributed by atoms with van der Waals surface area (Å²) in [6, 6.07) is 20.1. The van der Waals surface area contributed by atoms with Crippen LogP contribution in [0.2, 0.25) is 0 Å². The first-order valence-electron chi connectivity index (χ1n) is 10.3. The van der Waals surface area contributed by atoms with Gasteiger partial charge >= 0.3 is 0 Å². The molecule has 1 amide bonds. The lowest BCUT2D eigenvalue weighted by Crippen LogP contribution is -2.44. The van der Waals surface area contributed by atoms with E-state index in [0.717, 1.165) is 48.1 Å². The second-order valence-electron chi connectivity index (χ2n) is 7.86. The predicted molar refractivity (Wildman–Crippen MR) is 122 cm³/mol. The van der Waals surface area contributed by atoms with Crippen LogP contribution in [-0.2, 0) is 6.54 Å². The zero-order valence-corrected chi connectivity index (χ0v) is 17.4. The molecule has 4 aromatic rings. The highest BCUT2D eigenvalue weighted by Gasteiger charge is 2.22. The molecular weight excluding hydrogens is 394 g/mol. The maximum Gasteiger partial charge on any atom is 0.261 e. The molecule has 1 aliphatic rings. The van der Waals surface area contributed by atoms with Crippen molar-refractivity contribution in [3.8, 4) is 0 Å². The maximum absolute atomic E-state index is 12.9. The third-order valence-electron chi connectivity index (χ3n) is 5.79. The van der Waals surface area contributed by atoms with Crippen molar-refractivity contribution >= 4 is 38.2 Å². The molecule has 0 atom stereocenters. The minimum absolute atomic E-state index is 0.0822. The van der Waals surface area contributed by atoms with E-state index in [1.807, 2.05) is 30.3 Å². The lowest BCUT2D eigenvalue weighted by molar-refractivity contribution is 0.0913. The highest BCUT2D eigenvalue weighted by atomic mass is 32.1. The Bertz CT molecular complexity index is 1250. The Hall–Kier alpha value is -2.96. The lowest BCUT2D eigenvalue weighted by atomic mass is 10.0. The molecule has 0 unspecified atom stereocenters. The second kappa shape index (κ2) is 8.05. The fourth-order valence-corrected chi connectivity index (χ4v) is 5.28. The Morgan fingerprint density at radius 1 is 1.03 bits per heavy atom. The number of fused-ring (bicyclic) bond motifs is 3.